The second kappa shape index (κ2) is 5.91. The highest BCUT2D eigenvalue weighted by atomic mass is 16.2. The van der Waals surface area contributed by atoms with Crippen LogP contribution in [0.3, 0.4) is 0 Å². The molecule has 1 aliphatic rings. The second-order valence-electron chi connectivity index (χ2n) is 5.58. The van der Waals surface area contributed by atoms with E-state index in [9.17, 15) is 9.59 Å². The molecule has 0 aliphatic carbocycles. The molecule has 2 aromatic heterocycles. The summed E-state index contributed by atoms with van der Waals surface area (Å²) in [6, 6.07) is 0. The lowest BCUT2D eigenvalue weighted by atomic mass is 10.4. The fraction of sp³-hybridized carbons (Fsp3) is 0.438. The molecule has 122 valence electrons. The van der Waals surface area contributed by atoms with Gasteiger partial charge in [0.25, 0.3) is 5.56 Å². The Morgan fingerprint density at radius 1 is 1.09 bits per heavy atom. The molecule has 3 heterocycles. The maximum atomic E-state index is 12.8. The van der Waals surface area contributed by atoms with Crippen LogP contribution in [-0.2, 0) is 20.1 Å². The molecule has 23 heavy (non-hydrogen) atoms. The fourth-order valence-corrected chi connectivity index (χ4v) is 2.91. The van der Waals surface area contributed by atoms with Gasteiger partial charge in [0.1, 0.15) is 0 Å². The Balaban J connectivity index is 2.23. The molecule has 0 unspecified atom stereocenters. The molecule has 7 nitrogen and oxygen atoms in total. The zero-order valence-electron chi connectivity index (χ0n) is 13.7. The van der Waals surface area contributed by atoms with Crippen LogP contribution in [0.15, 0.2) is 33.9 Å². The lowest BCUT2D eigenvalue weighted by Crippen LogP contribution is -2.39. The van der Waals surface area contributed by atoms with Crippen LogP contribution in [-0.4, -0.2) is 31.8 Å². The molecule has 2 aromatic rings. The van der Waals surface area contributed by atoms with Gasteiger partial charge in [-0.15, -0.1) is 0 Å². The summed E-state index contributed by atoms with van der Waals surface area (Å²) in [5.41, 5.74) is 0.358. The predicted molar refractivity (Wildman–Crippen MR) is 91.1 cm³/mol. The van der Waals surface area contributed by atoms with Crippen molar-refractivity contribution in [3.63, 3.8) is 0 Å². The first kappa shape index (κ1) is 15.3. The SMILES string of the molecule is CC=CCN1CCn2c1nc1c2c(=O)n(CC=CC)c(=O)n1C. The minimum Gasteiger partial charge on any atom is -0.337 e. The van der Waals surface area contributed by atoms with E-state index in [2.05, 4.69) is 16.0 Å². The molecular weight excluding hydrogens is 294 g/mol. The Morgan fingerprint density at radius 2 is 1.78 bits per heavy atom. The first-order valence-corrected chi connectivity index (χ1v) is 7.77. The molecule has 0 N–H and O–H groups in total. The van der Waals surface area contributed by atoms with Gasteiger partial charge in [-0.2, -0.15) is 4.98 Å². The highest BCUT2D eigenvalue weighted by Crippen LogP contribution is 2.24. The summed E-state index contributed by atoms with van der Waals surface area (Å²) in [7, 11) is 1.66. The number of nitrogens with zero attached hydrogens (tertiary/aromatic N) is 5. The average Bonchev–Trinajstić information content (AvgIpc) is 3.10. The third-order valence-electron chi connectivity index (χ3n) is 4.17. The van der Waals surface area contributed by atoms with Crippen LogP contribution in [0.5, 0.6) is 0 Å². The van der Waals surface area contributed by atoms with E-state index in [0.717, 1.165) is 19.0 Å². The van der Waals surface area contributed by atoms with Gasteiger partial charge in [-0.1, -0.05) is 24.3 Å². The van der Waals surface area contributed by atoms with E-state index >= 15 is 0 Å². The molecule has 0 atom stereocenters. The number of anilines is 1. The Kier molecular flexibility index (Phi) is 3.94. The highest BCUT2D eigenvalue weighted by molar-refractivity contribution is 5.75. The third-order valence-corrected chi connectivity index (χ3v) is 4.17. The molecule has 0 aromatic carbocycles. The summed E-state index contributed by atoms with van der Waals surface area (Å²) in [6.45, 7) is 6.40. The number of aromatic nitrogens is 4. The summed E-state index contributed by atoms with van der Waals surface area (Å²) < 4.78 is 4.64. The van der Waals surface area contributed by atoms with Gasteiger partial charge in [0.15, 0.2) is 11.2 Å². The van der Waals surface area contributed by atoms with E-state index in [1.54, 1.807) is 13.1 Å². The Hall–Kier alpha value is -2.57. The van der Waals surface area contributed by atoms with Gasteiger partial charge in [0.05, 0.1) is 0 Å². The number of imidazole rings is 1. The van der Waals surface area contributed by atoms with Gasteiger partial charge < -0.3 is 9.47 Å². The monoisotopic (exact) mass is 315 g/mol. The number of allylic oxidation sites excluding steroid dienone is 3. The van der Waals surface area contributed by atoms with E-state index in [1.807, 2.05) is 30.6 Å². The van der Waals surface area contributed by atoms with Crippen molar-refractivity contribution >= 4 is 17.1 Å². The van der Waals surface area contributed by atoms with Crippen molar-refractivity contribution in [2.75, 3.05) is 18.0 Å². The zero-order chi connectivity index (χ0) is 16.6. The number of hydrogen-bond donors (Lipinski definition) is 0. The molecule has 0 radical (unpaired) electrons. The molecule has 0 bridgehead atoms. The maximum Gasteiger partial charge on any atom is 0.332 e. The van der Waals surface area contributed by atoms with Crippen LogP contribution in [0.25, 0.3) is 11.2 Å². The minimum absolute atomic E-state index is 0.271. The third kappa shape index (κ3) is 2.32. The molecule has 3 rings (SSSR count). The summed E-state index contributed by atoms with van der Waals surface area (Å²) in [5, 5.41) is 0. The average molecular weight is 315 g/mol. The van der Waals surface area contributed by atoms with Crippen LogP contribution in [0.1, 0.15) is 13.8 Å². The van der Waals surface area contributed by atoms with Gasteiger partial charge in [0.2, 0.25) is 5.95 Å². The minimum atomic E-state index is -0.336. The zero-order valence-corrected chi connectivity index (χ0v) is 13.7. The number of fused-ring (bicyclic) bond motifs is 3. The molecule has 1 aliphatic heterocycles. The van der Waals surface area contributed by atoms with Gasteiger partial charge >= 0.3 is 5.69 Å². The topological polar surface area (TPSA) is 65.1 Å². The van der Waals surface area contributed by atoms with Crippen LogP contribution >= 0.6 is 0 Å². The summed E-state index contributed by atoms with van der Waals surface area (Å²) in [5.74, 6) is 0.758. The lowest BCUT2D eigenvalue weighted by Gasteiger charge is -2.12. The largest absolute Gasteiger partial charge is 0.337 e. The van der Waals surface area contributed by atoms with Crippen LogP contribution in [0, 0.1) is 0 Å². The van der Waals surface area contributed by atoms with Crippen molar-refractivity contribution in [1.82, 2.24) is 18.7 Å². The number of hydrogen-bond acceptors (Lipinski definition) is 4. The Bertz CT molecular complexity index is 913. The maximum absolute atomic E-state index is 12.8. The Morgan fingerprint density at radius 3 is 2.48 bits per heavy atom. The van der Waals surface area contributed by atoms with Crippen LogP contribution < -0.4 is 16.1 Å². The van der Waals surface area contributed by atoms with E-state index in [0.29, 0.717) is 17.7 Å². The van der Waals surface area contributed by atoms with Gasteiger partial charge in [-0.05, 0) is 13.8 Å². The first-order chi connectivity index (χ1) is 11.1. The van der Waals surface area contributed by atoms with Crippen LogP contribution in [0.2, 0.25) is 0 Å². The fourth-order valence-electron chi connectivity index (χ4n) is 2.91. The van der Waals surface area contributed by atoms with E-state index in [-0.39, 0.29) is 17.8 Å². The van der Waals surface area contributed by atoms with Crippen LogP contribution in [0.4, 0.5) is 5.95 Å². The number of rotatable bonds is 4. The predicted octanol–water partition coefficient (Wildman–Crippen LogP) is 0.869. The first-order valence-electron chi connectivity index (χ1n) is 7.77. The van der Waals surface area contributed by atoms with Gasteiger partial charge in [-0.3, -0.25) is 13.9 Å². The molecule has 0 saturated carbocycles. The lowest BCUT2D eigenvalue weighted by molar-refractivity contribution is 0.661. The standard InChI is InChI=1S/C16H21N5O2/c1-4-6-8-19-10-11-20-12-13(17-15(19)20)18(3)16(23)21(14(12)22)9-7-5-2/h4-7H,8-11H2,1-3H3. The molecule has 0 saturated heterocycles. The number of aryl methyl sites for hydroxylation is 1. The van der Waals surface area contributed by atoms with Gasteiger partial charge in [0, 0.05) is 33.2 Å². The van der Waals surface area contributed by atoms with Crippen molar-refractivity contribution in [2.24, 2.45) is 7.05 Å². The molecule has 0 amide bonds. The van der Waals surface area contributed by atoms with Crippen molar-refractivity contribution in [3.05, 3.63) is 45.1 Å². The van der Waals surface area contributed by atoms with E-state index in [1.165, 1.54) is 9.13 Å². The van der Waals surface area contributed by atoms with Crippen molar-refractivity contribution in [3.8, 4) is 0 Å². The van der Waals surface area contributed by atoms with Crippen molar-refractivity contribution in [1.29, 1.82) is 0 Å². The van der Waals surface area contributed by atoms with E-state index in [4.69, 9.17) is 0 Å². The normalized spacial score (nSPS) is 14.7. The molecule has 0 fully saturated rings. The van der Waals surface area contributed by atoms with E-state index < -0.39 is 0 Å². The van der Waals surface area contributed by atoms with Crippen molar-refractivity contribution < 1.29 is 0 Å². The summed E-state index contributed by atoms with van der Waals surface area (Å²) in [4.78, 5) is 31.8. The second-order valence-corrected chi connectivity index (χ2v) is 5.58. The smallest absolute Gasteiger partial charge is 0.332 e. The summed E-state index contributed by atoms with van der Waals surface area (Å²) >= 11 is 0. The quantitative estimate of drug-likeness (QED) is 0.785. The molecule has 0 spiro atoms. The summed E-state index contributed by atoms with van der Waals surface area (Å²) in [6.07, 6.45) is 7.67. The molecule has 7 heteroatoms. The molecular formula is C16H21N5O2. The van der Waals surface area contributed by atoms with Gasteiger partial charge in [-0.25, -0.2) is 4.79 Å². The van der Waals surface area contributed by atoms with Crippen molar-refractivity contribution in [2.45, 2.75) is 26.9 Å². The highest BCUT2D eigenvalue weighted by Gasteiger charge is 2.26. The Labute approximate surface area is 133 Å².